The molecule has 0 amide bonds. The number of imidazole rings is 1. The van der Waals surface area contributed by atoms with Crippen LogP contribution in [0.2, 0.25) is 0 Å². The molecule has 5 rings (SSSR count). The third-order valence-electron chi connectivity index (χ3n) is 5.19. The number of methoxy groups -OCH3 is 1. The molecule has 0 radical (unpaired) electrons. The fourth-order valence-electron chi connectivity index (χ4n) is 3.53. The van der Waals surface area contributed by atoms with Gasteiger partial charge in [0.25, 0.3) is 0 Å². The van der Waals surface area contributed by atoms with E-state index in [1.54, 1.807) is 49.6 Å². The summed E-state index contributed by atoms with van der Waals surface area (Å²) in [5.41, 5.74) is 3.60. The number of para-hydroxylation sites is 2. The lowest BCUT2D eigenvalue weighted by Crippen LogP contribution is -2.26. The number of fused-ring (bicyclic) bond motifs is 1. The number of ketones is 1. The highest BCUT2D eigenvalue weighted by Crippen LogP contribution is 2.20. The van der Waals surface area contributed by atoms with Gasteiger partial charge in [0, 0.05) is 5.56 Å². The molecule has 0 aliphatic rings. The predicted molar refractivity (Wildman–Crippen MR) is 121 cm³/mol. The van der Waals surface area contributed by atoms with Gasteiger partial charge in [-0.3, -0.25) is 10.2 Å². The van der Waals surface area contributed by atoms with Crippen molar-refractivity contribution in [1.29, 1.82) is 5.41 Å². The van der Waals surface area contributed by atoms with Crippen LogP contribution in [0.3, 0.4) is 0 Å². The maximum atomic E-state index is 13.2. The molecule has 0 bridgehead atoms. The van der Waals surface area contributed by atoms with Crippen LogP contribution in [0, 0.1) is 5.41 Å². The maximum Gasteiger partial charge on any atom is 0.213 e. The van der Waals surface area contributed by atoms with Gasteiger partial charge in [-0.05, 0) is 42.5 Å². The second kappa shape index (κ2) is 7.96. The first-order valence-corrected chi connectivity index (χ1v) is 10.0. The van der Waals surface area contributed by atoms with Gasteiger partial charge < -0.3 is 9.72 Å². The van der Waals surface area contributed by atoms with E-state index < -0.39 is 0 Å². The minimum atomic E-state index is -0.231. The Kier molecular flexibility index (Phi) is 4.84. The van der Waals surface area contributed by atoms with Crippen LogP contribution in [-0.2, 0) is 0 Å². The highest BCUT2D eigenvalue weighted by molar-refractivity contribution is 6.08. The van der Waals surface area contributed by atoms with E-state index >= 15 is 0 Å². The second-order valence-electron chi connectivity index (χ2n) is 7.20. The lowest BCUT2D eigenvalue weighted by Gasteiger charge is -2.12. The van der Waals surface area contributed by atoms with Gasteiger partial charge >= 0.3 is 0 Å². The fraction of sp³-hybridized carbons (Fsp3) is 0.0400. The first-order chi connectivity index (χ1) is 15.6. The van der Waals surface area contributed by atoms with Crippen molar-refractivity contribution >= 4 is 16.8 Å². The van der Waals surface area contributed by atoms with Gasteiger partial charge in [-0.25, -0.2) is 9.67 Å². The molecule has 7 nitrogen and oxygen atoms in total. The minimum absolute atomic E-state index is 0.110. The normalized spacial score (nSPS) is 10.9. The largest absolute Gasteiger partial charge is 0.497 e. The highest BCUT2D eigenvalue weighted by atomic mass is 16.5. The molecule has 5 aromatic rings. The number of hydrogen-bond donors (Lipinski definition) is 2. The molecule has 2 heterocycles. The Hall–Kier alpha value is -4.52. The third kappa shape index (κ3) is 3.45. The number of nitrogens with zero attached hydrogens (tertiary/aromatic N) is 3. The van der Waals surface area contributed by atoms with Crippen molar-refractivity contribution in [2.75, 3.05) is 7.11 Å². The first-order valence-electron chi connectivity index (χ1n) is 10.0. The number of nitrogens with one attached hydrogen (secondary N) is 2. The van der Waals surface area contributed by atoms with E-state index in [0.717, 1.165) is 11.0 Å². The van der Waals surface area contributed by atoms with Crippen LogP contribution < -0.4 is 10.2 Å². The summed E-state index contributed by atoms with van der Waals surface area (Å²) in [4.78, 5) is 21.1. The van der Waals surface area contributed by atoms with E-state index in [1.165, 1.54) is 4.68 Å². The molecule has 7 heteroatoms. The molecular weight excluding hydrogens is 402 g/mol. The minimum Gasteiger partial charge on any atom is -0.497 e. The molecule has 0 saturated heterocycles. The number of rotatable bonds is 5. The fourth-order valence-corrected chi connectivity index (χ4v) is 3.53. The Labute approximate surface area is 183 Å². The maximum absolute atomic E-state index is 13.2. The summed E-state index contributed by atoms with van der Waals surface area (Å²) in [6.45, 7) is 0. The molecule has 0 aliphatic carbocycles. The van der Waals surface area contributed by atoms with E-state index in [-0.39, 0.29) is 17.0 Å². The number of carbonyl (C=O) groups excluding carboxylic acids is 1. The zero-order valence-electron chi connectivity index (χ0n) is 17.2. The van der Waals surface area contributed by atoms with Gasteiger partial charge in [0.2, 0.25) is 5.78 Å². The van der Waals surface area contributed by atoms with Gasteiger partial charge in [0.05, 0.1) is 29.4 Å². The third-order valence-corrected chi connectivity index (χ3v) is 5.19. The zero-order chi connectivity index (χ0) is 22.1. The number of hydrogen-bond acceptors (Lipinski definition) is 5. The summed E-state index contributed by atoms with van der Waals surface area (Å²) in [6.07, 6.45) is 0. The van der Waals surface area contributed by atoms with Crippen molar-refractivity contribution in [3.05, 3.63) is 102 Å². The Bertz CT molecular complexity index is 1450. The van der Waals surface area contributed by atoms with E-state index in [9.17, 15) is 4.79 Å². The molecule has 0 aliphatic heterocycles. The van der Waals surface area contributed by atoms with Crippen LogP contribution in [0.25, 0.3) is 28.1 Å². The number of ether oxygens (including phenoxy) is 1. The average Bonchev–Trinajstić information content (AvgIpc) is 3.28. The van der Waals surface area contributed by atoms with Crippen molar-refractivity contribution in [2.45, 2.75) is 0 Å². The molecule has 0 spiro atoms. The van der Waals surface area contributed by atoms with Crippen LogP contribution in [0.4, 0.5) is 0 Å². The number of aromatic nitrogens is 4. The Morgan fingerprint density at radius 2 is 1.69 bits per heavy atom. The Morgan fingerprint density at radius 3 is 2.41 bits per heavy atom. The average molecular weight is 421 g/mol. The Morgan fingerprint density at radius 1 is 0.969 bits per heavy atom. The highest BCUT2D eigenvalue weighted by Gasteiger charge is 2.18. The van der Waals surface area contributed by atoms with Gasteiger partial charge in [-0.15, -0.1) is 0 Å². The van der Waals surface area contributed by atoms with Gasteiger partial charge in [0.1, 0.15) is 17.3 Å². The molecule has 3 aromatic carbocycles. The molecule has 2 aromatic heterocycles. The number of H-pyrrole nitrogens is 1. The smallest absolute Gasteiger partial charge is 0.213 e. The van der Waals surface area contributed by atoms with Gasteiger partial charge in [-0.2, -0.15) is 5.10 Å². The lowest BCUT2D eigenvalue weighted by atomic mass is 10.1. The van der Waals surface area contributed by atoms with Crippen LogP contribution in [-0.4, -0.2) is 32.6 Å². The van der Waals surface area contributed by atoms with Crippen molar-refractivity contribution in [2.24, 2.45) is 0 Å². The molecular formula is C25H19N5O2. The van der Waals surface area contributed by atoms with Crippen molar-refractivity contribution < 1.29 is 9.53 Å². The van der Waals surface area contributed by atoms with Crippen LogP contribution in [0.15, 0.2) is 84.9 Å². The SMILES string of the molecule is COc1ccc(-n2nc(C(=O)c3ccccc3)cc(-c3nc4ccccc4[nH]3)c2=N)cc1. The topological polar surface area (TPSA) is 96.7 Å². The van der Waals surface area contributed by atoms with Crippen LogP contribution >= 0.6 is 0 Å². The molecule has 0 atom stereocenters. The Balaban J connectivity index is 1.73. The molecule has 0 saturated carbocycles. The summed E-state index contributed by atoms with van der Waals surface area (Å²) >= 11 is 0. The van der Waals surface area contributed by atoms with E-state index in [2.05, 4.69) is 15.1 Å². The number of carbonyl (C=O) groups is 1. The second-order valence-corrected chi connectivity index (χ2v) is 7.20. The van der Waals surface area contributed by atoms with Crippen molar-refractivity contribution in [3.63, 3.8) is 0 Å². The summed E-state index contributed by atoms with van der Waals surface area (Å²) < 4.78 is 6.68. The lowest BCUT2D eigenvalue weighted by molar-refractivity contribution is 0.103. The number of benzene rings is 3. The van der Waals surface area contributed by atoms with Gasteiger partial charge in [-0.1, -0.05) is 42.5 Å². The van der Waals surface area contributed by atoms with Crippen LogP contribution in [0.5, 0.6) is 5.75 Å². The molecule has 156 valence electrons. The molecule has 0 unspecified atom stereocenters. The quantitative estimate of drug-likeness (QED) is 0.417. The molecule has 0 fully saturated rings. The van der Waals surface area contributed by atoms with E-state index in [4.69, 9.17) is 10.1 Å². The monoisotopic (exact) mass is 421 g/mol. The standard InChI is InChI=1S/C25H19N5O2/c1-32-18-13-11-17(12-14-18)30-24(26)19(25-27-20-9-5-6-10-21(20)28-25)15-22(29-30)23(31)16-7-3-2-4-8-16/h2-15,26H,1H3,(H,27,28). The summed E-state index contributed by atoms with van der Waals surface area (Å²) in [6, 6.07) is 25.4. The summed E-state index contributed by atoms with van der Waals surface area (Å²) in [5, 5.41) is 13.3. The number of aromatic amines is 1. The van der Waals surface area contributed by atoms with Gasteiger partial charge in [0.15, 0.2) is 5.49 Å². The van der Waals surface area contributed by atoms with E-state index in [1.807, 2.05) is 42.5 Å². The molecule has 2 N–H and O–H groups in total. The van der Waals surface area contributed by atoms with Crippen molar-refractivity contribution in [3.8, 4) is 22.8 Å². The van der Waals surface area contributed by atoms with Crippen molar-refractivity contribution in [1.82, 2.24) is 19.7 Å². The summed E-state index contributed by atoms with van der Waals surface area (Å²) in [5.74, 6) is 0.961. The van der Waals surface area contributed by atoms with Crippen LogP contribution in [0.1, 0.15) is 16.1 Å². The summed E-state index contributed by atoms with van der Waals surface area (Å²) in [7, 11) is 1.59. The predicted octanol–water partition coefficient (Wildman–Crippen LogP) is 4.13. The molecule has 32 heavy (non-hydrogen) atoms. The first kappa shape index (κ1) is 19.4. The zero-order valence-corrected chi connectivity index (χ0v) is 17.2. The van der Waals surface area contributed by atoms with E-state index in [0.29, 0.717) is 28.4 Å².